The lowest BCUT2D eigenvalue weighted by molar-refractivity contribution is 0.234. The molecule has 0 heterocycles. The Morgan fingerprint density at radius 3 is 2.33 bits per heavy atom. The number of aliphatic hydroxyl groups is 1. The number of hydrogen-bond donors (Lipinski definition) is 1. The molecule has 0 radical (unpaired) electrons. The summed E-state index contributed by atoms with van der Waals surface area (Å²) in [5, 5.41) is 8.72. The standard InChI is InChI=1S/C18H28N2O/c1-4-12-20(14-13-19(2)3)16-18-10-8-17(9-11-18)7-5-6-15-21/h8-11,21H,4,6,12-16H2,1-3H3. The van der Waals surface area contributed by atoms with Gasteiger partial charge in [0.05, 0.1) is 6.61 Å². The van der Waals surface area contributed by atoms with E-state index in [1.54, 1.807) is 0 Å². The smallest absolute Gasteiger partial charge is 0.0540 e. The van der Waals surface area contributed by atoms with Gasteiger partial charge in [-0.15, -0.1) is 0 Å². The molecule has 0 atom stereocenters. The van der Waals surface area contributed by atoms with E-state index in [1.807, 2.05) is 0 Å². The van der Waals surface area contributed by atoms with E-state index in [-0.39, 0.29) is 6.61 Å². The molecule has 0 amide bonds. The van der Waals surface area contributed by atoms with Gasteiger partial charge in [-0.25, -0.2) is 0 Å². The van der Waals surface area contributed by atoms with Gasteiger partial charge in [0.1, 0.15) is 0 Å². The lowest BCUT2D eigenvalue weighted by Crippen LogP contribution is -2.32. The molecule has 0 aromatic heterocycles. The van der Waals surface area contributed by atoms with Gasteiger partial charge >= 0.3 is 0 Å². The molecule has 1 aromatic rings. The van der Waals surface area contributed by atoms with Crippen molar-refractivity contribution in [2.45, 2.75) is 26.3 Å². The third-order valence-electron chi connectivity index (χ3n) is 3.23. The Morgan fingerprint density at radius 2 is 1.76 bits per heavy atom. The molecule has 0 spiro atoms. The summed E-state index contributed by atoms with van der Waals surface area (Å²) in [6.07, 6.45) is 1.72. The number of aliphatic hydroxyl groups excluding tert-OH is 1. The first-order valence-corrected chi connectivity index (χ1v) is 7.71. The molecule has 0 saturated carbocycles. The quantitative estimate of drug-likeness (QED) is 0.743. The maximum absolute atomic E-state index is 8.72. The van der Waals surface area contributed by atoms with Gasteiger partial charge in [0.25, 0.3) is 0 Å². The zero-order valence-electron chi connectivity index (χ0n) is 13.6. The van der Waals surface area contributed by atoms with Crippen LogP contribution in [0.1, 0.15) is 30.9 Å². The molecule has 21 heavy (non-hydrogen) atoms. The van der Waals surface area contributed by atoms with Crippen LogP contribution in [0, 0.1) is 11.8 Å². The third-order valence-corrected chi connectivity index (χ3v) is 3.23. The highest BCUT2D eigenvalue weighted by molar-refractivity contribution is 5.36. The van der Waals surface area contributed by atoms with Crippen molar-refractivity contribution >= 4 is 0 Å². The topological polar surface area (TPSA) is 26.7 Å². The highest BCUT2D eigenvalue weighted by Crippen LogP contribution is 2.08. The zero-order chi connectivity index (χ0) is 15.5. The normalized spacial score (nSPS) is 10.8. The lowest BCUT2D eigenvalue weighted by atomic mass is 10.1. The second-order valence-electron chi connectivity index (χ2n) is 5.55. The van der Waals surface area contributed by atoms with Crippen molar-refractivity contribution in [2.24, 2.45) is 0 Å². The highest BCUT2D eigenvalue weighted by Gasteiger charge is 2.05. The maximum Gasteiger partial charge on any atom is 0.0540 e. The molecular weight excluding hydrogens is 260 g/mol. The minimum atomic E-state index is 0.128. The molecule has 0 saturated heterocycles. The summed E-state index contributed by atoms with van der Waals surface area (Å²) in [4.78, 5) is 4.72. The van der Waals surface area contributed by atoms with E-state index in [9.17, 15) is 0 Å². The van der Waals surface area contributed by atoms with Crippen LogP contribution in [0.4, 0.5) is 0 Å². The fourth-order valence-corrected chi connectivity index (χ4v) is 2.10. The van der Waals surface area contributed by atoms with E-state index in [2.05, 4.69) is 66.9 Å². The van der Waals surface area contributed by atoms with Crippen molar-refractivity contribution in [3.05, 3.63) is 35.4 Å². The van der Waals surface area contributed by atoms with Gasteiger partial charge in [-0.3, -0.25) is 4.90 Å². The summed E-state index contributed by atoms with van der Waals surface area (Å²) < 4.78 is 0. The van der Waals surface area contributed by atoms with E-state index in [0.717, 1.165) is 31.7 Å². The molecule has 0 aliphatic carbocycles. The van der Waals surface area contributed by atoms with Gasteiger partial charge in [-0.1, -0.05) is 30.9 Å². The average molecular weight is 288 g/mol. The van der Waals surface area contributed by atoms with Gasteiger partial charge < -0.3 is 10.0 Å². The van der Waals surface area contributed by atoms with Crippen molar-refractivity contribution in [3.8, 4) is 11.8 Å². The largest absolute Gasteiger partial charge is 0.395 e. The van der Waals surface area contributed by atoms with Crippen LogP contribution in [0.5, 0.6) is 0 Å². The first-order valence-electron chi connectivity index (χ1n) is 7.71. The van der Waals surface area contributed by atoms with E-state index in [4.69, 9.17) is 5.11 Å². The summed E-state index contributed by atoms with van der Waals surface area (Å²) >= 11 is 0. The summed E-state index contributed by atoms with van der Waals surface area (Å²) in [7, 11) is 4.23. The zero-order valence-corrected chi connectivity index (χ0v) is 13.6. The van der Waals surface area contributed by atoms with Crippen LogP contribution < -0.4 is 0 Å². The van der Waals surface area contributed by atoms with Gasteiger partial charge in [0, 0.05) is 31.6 Å². The Labute approximate surface area is 129 Å². The molecule has 0 aliphatic rings. The van der Waals surface area contributed by atoms with Crippen LogP contribution in [0.2, 0.25) is 0 Å². The predicted octanol–water partition coefficient (Wildman–Crippen LogP) is 2.19. The molecule has 0 aliphatic heterocycles. The molecule has 1 aromatic carbocycles. The van der Waals surface area contributed by atoms with Crippen LogP contribution in [0.15, 0.2) is 24.3 Å². The van der Waals surface area contributed by atoms with Crippen LogP contribution in [-0.4, -0.2) is 55.2 Å². The molecule has 3 heteroatoms. The van der Waals surface area contributed by atoms with Crippen molar-refractivity contribution in [1.82, 2.24) is 9.80 Å². The molecule has 1 N–H and O–H groups in total. The molecule has 0 bridgehead atoms. The van der Waals surface area contributed by atoms with Gasteiger partial charge in [-0.2, -0.15) is 0 Å². The van der Waals surface area contributed by atoms with Crippen molar-refractivity contribution in [1.29, 1.82) is 0 Å². The Bertz CT molecular complexity index is 443. The van der Waals surface area contributed by atoms with E-state index in [1.165, 1.54) is 12.0 Å². The molecule has 1 rings (SSSR count). The Hall–Kier alpha value is -1.34. The third kappa shape index (κ3) is 7.87. The number of rotatable bonds is 8. The Morgan fingerprint density at radius 1 is 1.05 bits per heavy atom. The fraction of sp³-hybridized carbons (Fsp3) is 0.556. The second-order valence-corrected chi connectivity index (χ2v) is 5.55. The van der Waals surface area contributed by atoms with Crippen LogP contribution in [0.25, 0.3) is 0 Å². The van der Waals surface area contributed by atoms with Crippen LogP contribution in [0.3, 0.4) is 0 Å². The van der Waals surface area contributed by atoms with Gasteiger partial charge in [0.2, 0.25) is 0 Å². The van der Waals surface area contributed by atoms with E-state index < -0.39 is 0 Å². The van der Waals surface area contributed by atoms with E-state index in [0.29, 0.717) is 6.42 Å². The number of likely N-dealkylation sites (N-methyl/N-ethyl adjacent to an activating group) is 1. The first kappa shape index (κ1) is 17.7. The second kappa shape index (κ2) is 10.4. The Balaban J connectivity index is 2.57. The maximum atomic E-state index is 8.72. The van der Waals surface area contributed by atoms with Crippen LogP contribution >= 0.6 is 0 Å². The summed E-state index contributed by atoms with van der Waals surface area (Å²) in [5.74, 6) is 6.01. The molecule has 116 valence electrons. The van der Waals surface area contributed by atoms with Crippen molar-refractivity contribution < 1.29 is 5.11 Å². The van der Waals surface area contributed by atoms with Crippen LogP contribution in [-0.2, 0) is 6.54 Å². The minimum Gasteiger partial charge on any atom is -0.395 e. The SMILES string of the molecule is CCCN(CCN(C)C)Cc1ccc(C#CCCO)cc1. The fourth-order valence-electron chi connectivity index (χ4n) is 2.10. The van der Waals surface area contributed by atoms with Crippen molar-refractivity contribution in [3.63, 3.8) is 0 Å². The summed E-state index contributed by atoms with van der Waals surface area (Å²) in [5.41, 5.74) is 2.34. The minimum absolute atomic E-state index is 0.128. The number of benzene rings is 1. The molecule has 0 fully saturated rings. The first-order chi connectivity index (χ1) is 10.2. The highest BCUT2D eigenvalue weighted by atomic mass is 16.2. The number of nitrogens with zero attached hydrogens (tertiary/aromatic N) is 2. The molecular formula is C18H28N2O. The van der Waals surface area contributed by atoms with E-state index >= 15 is 0 Å². The summed E-state index contributed by atoms with van der Waals surface area (Å²) in [6.45, 7) is 6.66. The van der Waals surface area contributed by atoms with Gasteiger partial charge in [-0.05, 0) is 44.8 Å². The predicted molar refractivity (Wildman–Crippen MR) is 89.1 cm³/mol. The Kier molecular flexibility index (Phi) is 8.77. The average Bonchev–Trinajstić information content (AvgIpc) is 2.47. The lowest BCUT2D eigenvalue weighted by Gasteiger charge is -2.23. The molecule has 0 unspecified atom stereocenters. The summed E-state index contributed by atoms with van der Waals surface area (Å²) in [6, 6.07) is 8.44. The number of hydrogen-bond acceptors (Lipinski definition) is 3. The van der Waals surface area contributed by atoms with Crippen molar-refractivity contribution in [2.75, 3.05) is 40.3 Å². The molecule has 3 nitrogen and oxygen atoms in total. The van der Waals surface area contributed by atoms with Gasteiger partial charge in [0.15, 0.2) is 0 Å². The monoisotopic (exact) mass is 288 g/mol.